The molecule has 0 saturated heterocycles. The number of nitrogens with one attached hydrogen (secondary N) is 1. The number of pyridine rings is 1. The Balaban J connectivity index is 2.61. The molecule has 0 amide bonds. The maximum absolute atomic E-state index is 10.0. The van der Waals surface area contributed by atoms with Gasteiger partial charge in [-0.2, -0.15) is 0 Å². The first kappa shape index (κ1) is 13.7. The van der Waals surface area contributed by atoms with E-state index in [2.05, 4.69) is 32.9 Å². The molecule has 3 nitrogen and oxygen atoms in total. The van der Waals surface area contributed by atoms with E-state index < -0.39 is 5.60 Å². The summed E-state index contributed by atoms with van der Waals surface area (Å²) in [6, 6.07) is 3.95. The van der Waals surface area contributed by atoms with Gasteiger partial charge in [0.05, 0.1) is 5.60 Å². The van der Waals surface area contributed by atoms with Crippen molar-refractivity contribution in [3.63, 3.8) is 0 Å². The lowest BCUT2D eigenvalue weighted by atomic mass is 9.77. The number of aliphatic hydroxyl groups is 1. The number of hydrogen-bond donors (Lipinski definition) is 2. The Hall–Kier alpha value is -0.360. The van der Waals surface area contributed by atoms with Crippen LogP contribution in [0.4, 0.5) is 5.82 Å². The molecule has 0 aliphatic carbocycles. The van der Waals surface area contributed by atoms with Crippen LogP contribution in [0.15, 0.2) is 18.3 Å². The zero-order chi connectivity index (χ0) is 12.4. The first-order chi connectivity index (χ1) is 7.22. The average Bonchev–Trinajstić information content (AvgIpc) is 2.15. The second-order valence-corrected chi connectivity index (χ2v) is 6.40. The van der Waals surface area contributed by atoms with E-state index in [1.807, 2.05) is 46.0 Å². The quantitative estimate of drug-likeness (QED) is 0.833. The van der Waals surface area contributed by atoms with Gasteiger partial charge < -0.3 is 10.4 Å². The molecule has 2 N–H and O–H groups in total. The fourth-order valence-electron chi connectivity index (χ4n) is 1.01. The van der Waals surface area contributed by atoms with E-state index >= 15 is 0 Å². The molecular formula is C12H19IN2O. The number of anilines is 1. The first-order valence-electron chi connectivity index (χ1n) is 5.30. The Morgan fingerprint density at radius 1 is 1.31 bits per heavy atom. The van der Waals surface area contributed by atoms with Gasteiger partial charge in [0.1, 0.15) is 5.82 Å². The van der Waals surface area contributed by atoms with E-state index in [0.717, 1.165) is 9.39 Å². The van der Waals surface area contributed by atoms with Crippen molar-refractivity contribution >= 4 is 28.4 Å². The summed E-state index contributed by atoms with van der Waals surface area (Å²) in [5.41, 5.74) is -0.930. The Kier molecular flexibility index (Phi) is 4.17. The summed E-state index contributed by atoms with van der Waals surface area (Å²) in [5.74, 6) is 0.845. The highest BCUT2D eigenvalue weighted by Crippen LogP contribution is 2.30. The van der Waals surface area contributed by atoms with Gasteiger partial charge in [-0.15, -0.1) is 0 Å². The molecule has 0 atom stereocenters. The predicted molar refractivity (Wildman–Crippen MR) is 75.5 cm³/mol. The van der Waals surface area contributed by atoms with Crippen LogP contribution in [0.25, 0.3) is 0 Å². The van der Waals surface area contributed by atoms with E-state index in [0.29, 0.717) is 6.54 Å². The van der Waals surface area contributed by atoms with Crippen molar-refractivity contribution in [1.29, 1.82) is 0 Å². The molecule has 16 heavy (non-hydrogen) atoms. The summed E-state index contributed by atoms with van der Waals surface area (Å²) >= 11 is 2.22. The number of halogens is 1. The largest absolute Gasteiger partial charge is 0.390 e. The Labute approximate surface area is 111 Å². The lowest BCUT2D eigenvalue weighted by Crippen LogP contribution is -2.43. The minimum Gasteiger partial charge on any atom is -0.390 e. The molecule has 0 bridgehead atoms. The van der Waals surface area contributed by atoms with Crippen molar-refractivity contribution < 1.29 is 5.11 Å². The Morgan fingerprint density at radius 2 is 1.94 bits per heavy atom. The van der Waals surface area contributed by atoms with E-state index in [9.17, 15) is 5.11 Å². The second kappa shape index (κ2) is 4.87. The summed E-state index contributed by atoms with van der Waals surface area (Å²) in [7, 11) is 0. The smallest absolute Gasteiger partial charge is 0.125 e. The van der Waals surface area contributed by atoms with Crippen molar-refractivity contribution in [1.82, 2.24) is 4.98 Å². The number of hydrogen-bond acceptors (Lipinski definition) is 3. The van der Waals surface area contributed by atoms with E-state index in [1.165, 1.54) is 0 Å². The highest BCUT2D eigenvalue weighted by atomic mass is 127. The number of aromatic nitrogens is 1. The van der Waals surface area contributed by atoms with Crippen molar-refractivity contribution in [2.24, 2.45) is 5.41 Å². The molecule has 1 rings (SSSR count). The lowest BCUT2D eigenvalue weighted by Gasteiger charge is -2.37. The molecule has 0 saturated carbocycles. The van der Waals surface area contributed by atoms with Gasteiger partial charge in [0.15, 0.2) is 0 Å². The van der Waals surface area contributed by atoms with Crippen LogP contribution in [0, 0.1) is 8.99 Å². The standard InChI is InChI=1S/C12H19IN2O/c1-11(2,12(3,4)16)8-15-10-6-5-9(13)7-14-10/h5-7,16H,8H2,1-4H3,(H,14,15). The van der Waals surface area contributed by atoms with Crippen LogP contribution in [-0.2, 0) is 0 Å². The van der Waals surface area contributed by atoms with Gasteiger partial charge in [0.2, 0.25) is 0 Å². The number of nitrogens with zero attached hydrogens (tertiary/aromatic N) is 1. The fraction of sp³-hybridized carbons (Fsp3) is 0.583. The SMILES string of the molecule is CC(C)(O)C(C)(C)CNc1ccc(I)cn1. The number of rotatable bonds is 4. The molecule has 1 aromatic heterocycles. The fourth-order valence-corrected chi connectivity index (χ4v) is 1.33. The molecule has 1 aromatic rings. The third kappa shape index (κ3) is 3.59. The first-order valence-corrected chi connectivity index (χ1v) is 6.38. The third-order valence-electron chi connectivity index (χ3n) is 3.10. The maximum atomic E-state index is 10.0. The summed E-state index contributed by atoms with van der Waals surface area (Å²) in [6.07, 6.45) is 1.82. The third-order valence-corrected chi connectivity index (χ3v) is 3.73. The van der Waals surface area contributed by atoms with Gasteiger partial charge >= 0.3 is 0 Å². The summed E-state index contributed by atoms with van der Waals surface area (Å²) in [4.78, 5) is 4.26. The Morgan fingerprint density at radius 3 is 2.38 bits per heavy atom. The van der Waals surface area contributed by atoms with Gasteiger partial charge in [0, 0.05) is 21.7 Å². The van der Waals surface area contributed by atoms with E-state index in [4.69, 9.17) is 0 Å². The molecule has 0 aromatic carbocycles. The molecule has 1 heterocycles. The molecule has 0 aliphatic heterocycles. The molecule has 90 valence electrons. The molecule has 0 unspecified atom stereocenters. The van der Waals surface area contributed by atoms with Crippen LogP contribution in [0.5, 0.6) is 0 Å². The monoisotopic (exact) mass is 334 g/mol. The zero-order valence-electron chi connectivity index (χ0n) is 10.2. The summed E-state index contributed by atoms with van der Waals surface area (Å²) in [5, 5.41) is 13.3. The van der Waals surface area contributed by atoms with Crippen LogP contribution >= 0.6 is 22.6 Å². The maximum Gasteiger partial charge on any atom is 0.125 e. The topological polar surface area (TPSA) is 45.1 Å². The van der Waals surface area contributed by atoms with Crippen molar-refractivity contribution in [3.8, 4) is 0 Å². The van der Waals surface area contributed by atoms with Gasteiger partial charge in [-0.25, -0.2) is 4.98 Å². The molecular weight excluding hydrogens is 315 g/mol. The minimum absolute atomic E-state index is 0.211. The lowest BCUT2D eigenvalue weighted by molar-refractivity contribution is -0.0270. The second-order valence-electron chi connectivity index (χ2n) is 5.16. The van der Waals surface area contributed by atoms with E-state index in [-0.39, 0.29) is 5.41 Å². The van der Waals surface area contributed by atoms with Crippen LogP contribution in [0.3, 0.4) is 0 Å². The molecule has 0 spiro atoms. The van der Waals surface area contributed by atoms with Crippen LogP contribution in [-0.4, -0.2) is 22.2 Å². The predicted octanol–water partition coefficient (Wildman–Crippen LogP) is 2.90. The van der Waals surface area contributed by atoms with Gasteiger partial charge in [0.25, 0.3) is 0 Å². The molecule has 4 heteroatoms. The highest BCUT2D eigenvalue weighted by molar-refractivity contribution is 14.1. The van der Waals surface area contributed by atoms with Crippen molar-refractivity contribution in [2.75, 3.05) is 11.9 Å². The zero-order valence-corrected chi connectivity index (χ0v) is 12.4. The van der Waals surface area contributed by atoms with Crippen molar-refractivity contribution in [2.45, 2.75) is 33.3 Å². The van der Waals surface area contributed by atoms with Crippen LogP contribution in [0.1, 0.15) is 27.7 Å². The van der Waals surface area contributed by atoms with Crippen LogP contribution < -0.4 is 5.32 Å². The van der Waals surface area contributed by atoms with Gasteiger partial charge in [-0.05, 0) is 48.6 Å². The molecule has 0 fully saturated rings. The van der Waals surface area contributed by atoms with Crippen molar-refractivity contribution in [3.05, 3.63) is 21.9 Å². The highest BCUT2D eigenvalue weighted by Gasteiger charge is 2.34. The minimum atomic E-state index is -0.719. The normalized spacial score (nSPS) is 12.6. The summed E-state index contributed by atoms with van der Waals surface area (Å²) < 4.78 is 1.12. The average molecular weight is 334 g/mol. The van der Waals surface area contributed by atoms with Crippen LogP contribution in [0.2, 0.25) is 0 Å². The Bertz CT molecular complexity index is 341. The summed E-state index contributed by atoms with van der Waals surface area (Å²) in [6.45, 7) is 8.41. The molecule has 0 radical (unpaired) electrons. The van der Waals surface area contributed by atoms with Gasteiger partial charge in [-0.3, -0.25) is 0 Å². The van der Waals surface area contributed by atoms with E-state index in [1.54, 1.807) is 0 Å². The molecule has 0 aliphatic rings. The van der Waals surface area contributed by atoms with Gasteiger partial charge in [-0.1, -0.05) is 13.8 Å².